The van der Waals surface area contributed by atoms with Crippen LogP contribution < -0.4 is 4.18 Å². The van der Waals surface area contributed by atoms with E-state index in [4.69, 9.17) is 0 Å². The zero-order chi connectivity index (χ0) is 16.7. The number of hydrogen-bond donors (Lipinski definition) is 1. The zero-order valence-corrected chi connectivity index (χ0v) is 12.9. The molecule has 1 heterocycles. The predicted molar refractivity (Wildman–Crippen MR) is 76.0 cm³/mol. The van der Waals surface area contributed by atoms with E-state index in [1.54, 1.807) is 6.20 Å². The number of benzene rings is 1. The monoisotopic (exact) mass is 336 g/mol. The van der Waals surface area contributed by atoms with E-state index in [0.29, 0.717) is 10.9 Å². The van der Waals surface area contributed by atoms with Gasteiger partial charge in [-0.1, -0.05) is 0 Å². The van der Waals surface area contributed by atoms with E-state index in [0.717, 1.165) is 5.56 Å². The van der Waals surface area contributed by atoms with E-state index in [2.05, 4.69) is 9.17 Å². The number of alkyl halides is 3. The fourth-order valence-electron chi connectivity index (χ4n) is 1.97. The molecule has 0 saturated carbocycles. The van der Waals surface area contributed by atoms with Gasteiger partial charge in [-0.2, -0.15) is 21.6 Å². The molecule has 0 bridgehead atoms. The van der Waals surface area contributed by atoms with Crippen LogP contribution in [0.5, 0.6) is 5.75 Å². The molecule has 0 saturated heterocycles. The number of H-pyrrole nitrogens is 1. The van der Waals surface area contributed by atoms with Crippen molar-refractivity contribution >= 4 is 21.0 Å². The number of hydrogen-bond acceptors (Lipinski definition) is 4. The number of rotatable bonds is 4. The third-order valence-electron chi connectivity index (χ3n) is 3.40. The van der Waals surface area contributed by atoms with Crippen molar-refractivity contribution in [2.45, 2.75) is 18.5 Å². The zero-order valence-electron chi connectivity index (χ0n) is 12.1. The molecule has 0 fully saturated rings. The molecule has 1 N–H and O–H groups in total. The highest BCUT2D eigenvalue weighted by Gasteiger charge is 2.48. The van der Waals surface area contributed by atoms with Crippen LogP contribution in [-0.4, -0.2) is 37.9 Å². The fraction of sp³-hybridized carbons (Fsp3) is 0.385. The lowest BCUT2D eigenvalue weighted by atomic mass is 10.1. The van der Waals surface area contributed by atoms with Crippen LogP contribution in [0, 0.1) is 0 Å². The molecule has 0 aliphatic carbocycles. The van der Waals surface area contributed by atoms with Gasteiger partial charge in [-0.25, -0.2) is 0 Å². The first kappa shape index (κ1) is 16.6. The average Bonchev–Trinajstić information content (AvgIpc) is 2.78. The molecule has 0 amide bonds. The van der Waals surface area contributed by atoms with Gasteiger partial charge in [0, 0.05) is 23.1 Å². The Labute approximate surface area is 125 Å². The third-order valence-corrected chi connectivity index (χ3v) is 4.38. The van der Waals surface area contributed by atoms with Crippen LogP contribution in [-0.2, 0) is 10.1 Å². The molecular weight excluding hydrogens is 321 g/mol. The topological polar surface area (TPSA) is 62.4 Å². The number of halogens is 3. The van der Waals surface area contributed by atoms with Gasteiger partial charge in [-0.3, -0.25) is 0 Å². The molecule has 22 heavy (non-hydrogen) atoms. The second-order valence-corrected chi connectivity index (χ2v) is 6.61. The summed E-state index contributed by atoms with van der Waals surface area (Å²) in [6.45, 7) is 1.92. The van der Waals surface area contributed by atoms with Crippen LogP contribution in [0.1, 0.15) is 18.5 Å². The minimum absolute atomic E-state index is 0.0109. The van der Waals surface area contributed by atoms with Gasteiger partial charge in [0.1, 0.15) is 5.75 Å². The Balaban J connectivity index is 2.44. The Morgan fingerprint density at radius 2 is 1.91 bits per heavy atom. The Morgan fingerprint density at radius 3 is 2.45 bits per heavy atom. The van der Waals surface area contributed by atoms with Crippen LogP contribution in [0.2, 0.25) is 0 Å². The Morgan fingerprint density at radius 1 is 1.27 bits per heavy atom. The maximum Gasteiger partial charge on any atom is 0.534 e. The summed E-state index contributed by atoms with van der Waals surface area (Å²) in [5.74, 6) is -0.378. The molecule has 1 atom stereocenters. The highest BCUT2D eigenvalue weighted by atomic mass is 32.2. The molecule has 0 spiro atoms. The Kier molecular flexibility index (Phi) is 4.14. The van der Waals surface area contributed by atoms with Crippen LogP contribution in [0.4, 0.5) is 13.2 Å². The summed E-state index contributed by atoms with van der Waals surface area (Å²) >= 11 is 0. The summed E-state index contributed by atoms with van der Waals surface area (Å²) in [4.78, 5) is 4.91. The van der Waals surface area contributed by atoms with Crippen LogP contribution >= 0.6 is 0 Å². The third kappa shape index (κ3) is 3.05. The molecule has 2 aromatic rings. The van der Waals surface area contributed by atoms with Crippen molar-refractivity contribution in [1.82, 2.24) is 9.88 Å². The summed E-state index contributed by atoms with van der Waals surface area (Å²) in [5, 5.41) is 0.607. The number of aromatic nitrogens is 1. The van der Waals surface area contributed by atoms with Gasteiger partial charge >= 0.3 is 15.6 Å². The average molecular weight is 336 g/mol. The van der Waals surface area contributed by atoms with Crippen molar-refractivity contribution < 1.29 is 25.8 Å². The highest BCUT2D eigenvalue weighted by Crippen LogP contribution is 2.32. The van der Waals surface area contributed by atoms with Gasteiger partial charge in [0.15, 0.2) is 0 Å². The lowest BCUT2D eigenvalue weighted by Crippen LogP contribution is -2.28. The largest absolute Gasteiger partial charge is 0.534 e. The molecule has 2 rings (SSSR count). The first-order valence-corrected chi connectivity index (χ1v) is 7.72. The molecule has 1 aromatic heterocycles. The van der Waals surface area contributed by atoms with Crippen molar-refractivity contribution in [2.75, 3.05) is 14.1 Å². The predicted octanol–water partition coefficient (Wildman–Crippen LogP) is 3.02. The summed E-state index contributed by atoms with van der Waals surface area (Å²) in [7, 11) is -1.95. The van der Waals surface area contributed by atoms with Gasteiger partial charge in [0.2, 0.25) is 0 Å². The summed E-state index contributed by atoms with van der Waals surface area (Å²) < 4.78 is 63.4. The van der Waals surface area contributed by atoms with Crippen LogP contribution in [0.15, 0.2) is 24.4 Å². The Hall–Kier alpha value is -1.74. The maximum absolute atomic E-state index is 12.4. The van der Waals surface area contributed by atoms with Crippen LogP contribution in [0.25, 0.3) is 10.9 Å². The lowest BCUT2D eigenvalue weighted by Gasteiger charge is -2.19. The fourth-order valence-corrected chi connectivity index (χ4v) is 2.42. The van der Waals surface area contributed by atoms with E-state index in [-0.39, 0.29) is 11.8 Å². The Bertz CT molecular complexity index is 781. The van der Waals surface area contributed by atoms with Gasteiger partial charge in [0.25, 0.3) is 0 Å². The minimum Gasteiger partial charge on any atom is -0.376 e. The second-order valence-electron chi connectivity index (χ2n) is 5.07. The van der Waals surface area contributed by atoms with Gasteiger partial charge in [-0.05, 0) is 44.8 Å². The van der Waals surface area contributed by atoms with Crippen LogP contribution in [0.3, 0.4) is 0 Å². The van der Waals surface area contributed by atoms with Crippen molar-refractivity contribution in [3.05, 3.63) is 30.0 Å². The van der Waals surface area contributed by atoms with Crippen molar-refractivity contribution in [3.63, 3.8) is 0 Å². The molecule has 1 aromatic carbocycles. The summed E-state index contributed by atoms with van der Waals surface area (Å²) in [6, 6.07) is 3.92. The second kappa shape index (κ2) is 5.47. The normalized spacial score (nSPS) is 14.5. The number of aromatic amines is 1. The van der Waals surface area contributed by atoms with Crippen molar-refractivity contribution in [3.8, 4) is 5.75 Å². The summed E-state index contributed by atoms with van der Waals surface area (Å²) in [5.41, 5.74) is -3.95. The highest BCUT2D eigenvalue weighted by molar-refractivity contribution is 7.88. The number of nitrogens with one attached hydrogen (secondary N) is 1. The molecule has 9 heteroatoms. The smallest absolute Gasteiger partial charge is 0.376 e. The van der Waals surface area contributed by atoms with Gasteiger partial charge in [0.05, 0.1) is 0 Å². The molecule has 1 unspecified atom stereocenters. The standard InChI is InChI=1S/C13H15F3N2O3S/c1-8(18(2)3)11-7-17-12-5-4-9(6-10(11)12)21-22(19,20)13(14,15)16/h4-8,17H,1-3H3. The van der Waals surface area contributed by atoms with E-state index in [1.165, 1.54) is 18.2 Å². The molecule has 122 valence electrons. The number of fused-ring (bicyclic) bond motifs is 1. The van der Waals surface area contributed by atoms with Gasteiger partial charge in [-0.15, -0.1) is 0 Å². The first-order chi connectivity index (χ1) is 10.0. The maximum atomic E-state index is 12.4. The van der Waals surface area contributed by atoms with E-state index in [9.17, 15) is 21.6 Å². The molecular formula is C13H15F3N2O3S. The minimum atomic E-state index is -5.67. The molecule has 0 aliphatic heterocycles. The molecule has 5 nitrogen and oxygen atoms in total. The van der Waals surface area contributed by atoms with E-state index >= 15 is 0 Å². The van der Waals surface area contributed by atoms with Crippen molar-refractivity contribution in [2.24, 2.45) is 0 Å². The molecule has 0 aliphatic rings. The van der Waals surface area contributed by atoms with E-state index in [1.807, 2.05) is 25.9 Å². The lowest BCUT2D eigenvalue weighted by molar-refractivity contribution is -0.0500. The number of nitrogens with zero attached hydrogens (tertiary/aromatic N) is 1. The van der Waals surface area contributed by atoms with E-state index < -0.39 is 15.6 Å². The molecule has 0 radical (unpaired) electrons. The van der Waals surface area contributed by atoms with Gasteiger partial charge < -0.3 is 14.1 Å². The van der Waals surface area contributed by atoms with Crippen molar-refractivity contribution in [1.29, 1.82) is 0 Å². The summed E-state index contributed by atoms with van der Waals surface area (Å²) in [6.07, 6.45) is 1.73. The quantitative estimate of drug-likeness (QED) is 0.689. The SMILES string of the molecule is CC(c1c[nH]c2ccc(OS(=O)(=O)C(F)(F)F)cc12)N(C)C. The first-order valence-electron chi connectivity index (χ1n) is 6.31.